The van der Waals surface area contributed by atoms with E-state index < -0.39 is 0 Å². The Morgan fingerprint density at radius 2 is 2.44 bits per heavy atom. The first-order valence-corrected chi connectivity index (χ1v) is 5.72. The number of carbonyl (C=O) groups is 1. The number of carbonyl (C=O) groups excluding carboxylic acids is 1. The lowest BCUT2D eigenvalue weighted by Gasteiger charge is -2.21. The molecule has 1 aromatic heterocycles. The summed E-state index contributed by atoms with van der Waals surface area (Å²) in [5.41, 5.74) is 6.16. The molecule has 0 radical (unpaired) electrons. The number of amides is 1. The van der Waals surface area contributed by atoms with E-state index >= 15 is 0 Å². The third-order valence-corrected chi connectivity index (χ3v) is 2.80. The van der Waals surface area contributed by atoms with Crippen molar-refractivity contribution in [2.75, 3.05) is 13.1 Å². The van der Waals surface area contributed by atoms with Crippen molar-refractivity contribution in [3.63, 3.8) is 0 Å². The van der Waals surface area contributed by atoms with Gasteiger partial charge in [0.15, 0.2) is 0 Å². The molecule has 1 aromatic rings. The van der Waals surface area contributed by atoms with Crippen LogP contribution in [-0.2, 0) is 7.05 Å². The molecule has 0 aromatic carbocycles. The van der Waals surface area contributed by atoms with Crippen LogP contribution in [0.25, 0.3) is 0 Å². The summed E-state index contributed by atoms with van der Waals surface area (Å²) in [4.78, 5) is 14.1. The fourth-order valence-corrected chi connectivity index (χ4v) is 1.80. The van der Waals surface area contributed by atoms with E-state index in [2.05, 4.69) is 5.10 Å². The third kappa shape index (κ3) is 2.41. The first-order chi connectivity index (χ1) is 7.72. The van der Waals surface area contributed by atoms with E-state index in [9.17, 15) is 4.79 Å². The van der Waals surface area contributed by atoms with Crippen LogP contribution < -0.4 is 5.73 Å². The Hall–Kier alpha value is -1.36. The van der Waals surface area contributed by atoms with Gasteiger partial charge in [0, 0.05) is 25.8 Å². The summed E-state index contributed by atoms with van der Waals surface area (Å²) in [5.74, 6) is 0.0871. The van der Waals surface area contributed by atoms with Crippen LogP contribution >= 0.6 is 0 Å². The number of nitrogens with two attached hydrogens (primary N) is 1. The van der Waals surface area contributed by atoms with Crippen LogP contribution in [0.4, 0.5) is 0 Å². The predicted molar refractivity (Wildman–Crippen MR) is 60.9 cm³/mol. The molecule has 0 bridgehead atoms. The maximum atomic E-state index is 12.2. The van der Waals surface area contributed by atoms with E-state index in [1.165, 1.54) is 0 Å². The van der Waals surface area contributed by atoms with Crippen LogP contribution in [0.5, 0.6) is 0 Å². The normalized spacial score (nSPS) is 15.1. The van der Waals surface area contributed by atoms with Gasteiger partial charge in [0.2, 0.25) is 0 Å². The molecule has 2 N–H and O–H groups in total. The van der Waals surface area contributed by atoms with Crippen LogP contribution in [0.15, 0.2) is 12.4 Å². The van der Waals surface area contributed by atoms with Gasteiger partial charge in [0.1, 0.15) is 0 Å². The van der Waals surface area contributed by atoms with Crippen LogP contribution in [-0.4, -0.2) is 39.7 Å². The van der Waals surface area contributed by atoms with Crippen LogP contribution in [0.1, 0.15) is 29.6 Å². The average Bonchev–Trinajstić information content (AvgIpc) is 3.01. The first kappa shape index (κ1) is 11.1. The molecule has 5 heteroatoms. The Labute approximate surface area is 95.2 Å². The molecular formula is C11H18N4O. The number of aromatic nitrogens is 2. The number of rotatable bonds is 5. The lowest BCUT2D eigenvalue weighted by Crippen LogP contribution is -2.34. The topological polar surface area (TPSA) is 64.2 Å². The molecule has 5 nitrogen and oxygen atoms in total. The highest BCUT2D eigenvalue weighted by atomic mass is 16.2. The van der Waals surface area contributed by atoms with Gasteiger partial charge in [-0.25, -0.2) is 0 Å². The smallest absolute Gasteiger partial charge is 0.257 e. The van der Waals surface area contributed by atoms with E-state index in [1.807, 2.05) is 11.9 Å². The largest absolute Gasteiger partial charge is 0.336 e. The molecule has 0 unspecified atom stereocenters. The zero-order valence-electron chi connectivity index (χ0n) is 9.59. The monoisotopic (exact) mass is 222 g/mol. The first-order valence-electron chi connectivity index (χ1n) is 5.72. The second-order valence-corrected chi connectivity index (χ2v) is 4.27. The van der Waals surface area contributed by atoms with Crippen molar-refractivity contribution in [2.24, 2.45) is 12.8 Å². The molecule has 0 aliphatic heterocycles. The van der Waals surface area contributed by atoms with Crippen LogP contribution in [0, 0.1) is 0 Å². The average molecular weight is 222 g/mol. The Morgan fingerprint density at radius 1 is 1.69 bits per heavy atom. The minimum absolute atomic E-state index is 0.0871. The van der Waals surface area contributed by atoms with Gasteiger partial charge in [-0.2, -0.15) is 5.10 Å². The van der Waals surface area contributed by atoms with Gasteiger partial charge < -0.3 is 10.6 Å². The maximum Gasteiger partial charge on any atom is 0.257 e. The molecule has 16 heavy (non-hydrogen) atoms. The lowest BCUT2D eigenvalue weighted by molar-refractivity contribution is 0.0742. The van der Waals surface area contributed by atoms with Crippen molar-refractivity contribution < 1.29 is 4.79 Å². The van der Waals surface area contributed by atoms with Gasteiger partial charge in [-0.15, -0.1) is 0 Å². The van der Waals surface area contributed by atoms with Gasteiger partial charge in [0.25, 0.3) is 5.91 Å². The number of aryl methyl sites for hydroxylation is 1. The minimum atomic E-state index is 0.0871. The van der Waals surface area contributed by atoms with Crippen molar-refractivity contribution in [2.45, 2.75) is 25.3 Å². The molecule has 2 rings (SSSR count). The fraction of sp³-hybridized carbons (Fsp3) is 0.636. The quantitative estimate of drug-likeness (QED) is 0.783. The van der Waals surface area contributed by atoms with Crippen LogP contribution in [0.2, 0.25) is 0 Å². The van der Waals surface area contributed by atoms with Gasteiger partial charge in [0.05, 0.1) is 11.8 Å². The molecule has 1 aliphatic carbocycles. The standard InChI is InChI=1S/C11H18N4O/c1-14-8-9(7-13-14)11(16)15(6-2-5-12)10-3-4-10/h7-8,10H,2-6,12H2,1H3. The molecule has 0 spiro atoms. The summed E-state index contributed by atoms with van der Waals surface area (Å²) in [6.07, 6.45) is 6.50. The van der Waals surface area contributed by atoms with Crippen molar-refractivity contribution in [1.82, 2.24) is 14.7 Å². The summed E-state index contributed by atoms with van der Waals surface area (Å²) >= 11 is 0. The highest BCUT2D eigenvalue weighted by Crippen LogP contribution is 2.28. The van der Waals surface area contributed by atoms with E-state index in [1.54, 1.807) is 17.1 Å². The SMILES string of the molecule is Cn1cc(C(=O)N(CCCN)C2CC2)cn1. The molecule has 0 atom stereocenters. The molecule has 1 aliphatic rings. The lowest BCUT2D eigenvalue weighted by atomic mass is 10.2. The van der Waals surface area contributed by atoms with Gasteiger partial charge in [-0.05, 0) is 25.8 Å². The van der Waals surface area contributed by atoms with Crippen molar-refractivity contribution in [3.8, 4) is 0 Å². The zero-order valence-corrected chi connectivity index (χ0v) is 9.59. The molecule has 0 saturated heterocycles. The molecule has 88 valence electrons. The summed E-state index contributed by atoms with van der Waals surface area (Å²) in [6, 6.07) is 0.430. The second kappa shape index (κ2) is 4.65. The Morgan fingerprint density at radius 3 is 2.94 bits per heavy atom. The molecule has 1 amide bonds. The highest BCUT2D eigenvalue weighted by molar-refractivity contribution is 5.94. The maximum absolute atomic E-state index is 12.2. The number of hydrogen-bond donors (Lipinski definition) is 1. The predicted octanol–water partition coefficient (Wildman–Crippen LogP) is 0.373. The molecule has 1 saturated carbocycles. The second-order valence-electron chi connectivity index (χ2n) is 4.27. The van der Waals surface area contributed by atoms with Crippen LogP contribution in [0.3, 0.4) is 0 Å². The van der Waals surface area contributed by atoms with Crippen molar-refractivity contribution >= 4 is 5.91 Å². The molecule has 1 fully saturated rings. The van der Waals surface area contributed by atoms with Gasteiger partial charge in [-0.3, -0.25) is 9.48 Å². The Bertz CT molecular complexity index is 370. The zero-order chi connectivity index (χ0) is 11.5. The third-order valence-electron chi connectivity index (χ3n) is 2.80. The highest BCUT2D eigenvalue weighted by Gasteiger charge is 2.32. The minimum Gasteiger partial charge on any atom is -0.336 e. The Balaban J connectivity index is 2.04. The summed E-state index contributed by atoms with van der Waals surface area (Å²) in [5, 5.41) is 4.02. The van der Waals surface area contributed by atoms with Gasteiger partial charge >= 0.3 is 0 Å². The van der Waals surface area contributed by atoms with Gasteiger partial charge in [-0.1, -0.05) is 0 Å². The van der Waals surface area contributed by atoms with E-state index in [0.29, 0.717) is 18.2 Å². The van der Waals surface area contributed by atoms with E-state index in [-0.39, 0.29) is 5.91 Å². The summed E-state index contributed by atoms with van der Waals surface area (Å²) in [6.45, 7) is 1.39. The molecular weight excluding hydrogens is 204 g/mol. The molecule has 1 heterocycles. The number of hydrogen-bond acceptors (Lipinski definition) is 3. The van der Waals surface area contributed by atoms with E-state index in [4.69, 9.17) is 5.73 Å². The van der Waals surface area contributed by atoms with E-state index in [0.717, 1.165) is 25.8 Å². The van der Waals surface area contributed by atoms with Crippen molar-refractivity contribution in [1.29, 1.82) is 0 Å². The summed E-state index contributed by atoms with van der Waals surface area (Å²) < 4.78 is 1.65. The fourth-order valence-electron chi connectivity index (χ4n) is 1.80. The Kier molecular flexibility index (Phi) is 3.24. The summed E-state index contributed by atoms with van der Waals surface area (Å²) in [7, 11) is 1.82. The van der Waals surface area contributed by atoms with Crippen molar-refractivity contribution in [3.05, 3.63) is 18.0 Å². The number of nitrogens with zero attached hydrogens (tertiary/aromatic N) is 3.